The van der Waals surface area contributed by atoms with E-state index in [4.69, 9.17) is 9.15 Å². The Morgan fingerprint density at radius 3 is 2.42 bits per heavy atom. The van der Waals surface area contributed by atoms with Gasteiger partial charge in [-0.3, -0.25) is 4.79 Å². The van der Waals surface area contributed by atoms with E-state index < -0.39 is 29.9 Å². The number of nitrogens with one attached hydrogen (secondary N) is 1. The Morgan fingerprint density at radius 2 is 1.70 bits per heavy atom. The number of benzene rings is 3. The van der Waals surface area contributed by atoms with Crippen LogP contribution in [0, 0.1) is 6.92 Å². The van der Waals surface area contributed by atoms with Crippen molar-refractivity contribution in [3.05, 3.63) is 94.3 Å². The van der Waals surface area contributed by atoms with E-state index in [0.29, 0.717) is 22.1 Å². The number of carbonyl (C=O) groups excluding carboxylic acids is 1. The average molecular weight is 453 g/mol. The number of hydrogen-bond acceptors (Lipinski definition) is 4. The first-order valence-corrected chi connectivity index (χ1v) is 9.96. The molecule has 0 aliphatic carbocycles. The lowest BCUT2D eigenvalue weighted by atomic mass is 10.0. The molecule has 8 heteroatoms. The molecular weight excluding hydrogens is 435 g/mol. The highest BCUT2D eigenvalue weighted by molar-refractivity contribution is 5.96. The minimum Gasteiger partial charge on any atom is -0.483 e. The Balaban J connectivity index is 1.58. The second-order valence-electron chi connectivity index (χ2n) is 7.29. The van der Waals surface area contributed by atoms with Gasteiger partial charge in [-0.05, 0) is 42.3 Å². The Hall–Kier alpha value is -4.07. The van der Waals surface area contributed by atoms with Gasteiger partial charge in [-0.2, -0.15) is 13.2 Å². The lowest BCUT2D eigenvalue weighted by Crippen LogP contribution is -2.22. The van der Waals surface area contributed by atoms with Gasteiger partial charge >= 0.3 is 11.8 Å². The zero-order valence-electron chi connectivity index (χ0n) is 17.4. The van der Waals surface area contributed by atoms with E-state index in [9.17, 15) is 22.8 Å². The first-order valence-electron chi connectivity index (χ1n) is 9.96. The molecule has 1 N–H and O–H groups in total. The lowest BCUT2D eigenvalue weighted by molar-refractivity contribution is -0.137. The highest BCUT2D eigenvalue weighted by Gasteiger charge is 2.33. The fourth-order valence-corrected chi connectivity index (χ4v) is 3.52. The maximum atomic E-state index is 13.1. The fraction of sp³-hybridized carbons (Fsp3) is 0.120. The predicted octanol–water partition coefficient (Wildman–Crippen LogP) is 5.80. The third-order valence-corrected chi connectivity index (χ3v) is 5.06. The summed E-state index contributed by atoms with van der Waals surface area (Å²) in [5, 5.41) is 2.92. The van der Waals surface area contributed by atoms with Crippen molar-refractivity contribution < 1.29 is 27.1 Å². The summed E-state index contributed by atoms with van der Waals surface area (Å²) < 4.78 is 50.3. The van der Waals surface area contributed by atoms with Crippen molar-refractivity contribution in [3.63, 3.8) is 0 Å². The Bertz CT molecular complexity index is 1380. The van der Waals surface area contributed by atoms with Crippen molar-refractivity contribution in [3.8, 4) is 16.9 Å². The van der Waals surface area contributed by atoms with Gasteiger partial charge in [0.25, 0.3) is 5.91 Å². The number of aryl methyl sites for hydroxylation is 1. The molecule has 4 rings (SSSR count). The van der Waals surface area contributed by atoms with E-state index in [1.165, 1.54) is 24.3 Å². The van der Waals surface area contributed by atoms with Gasteiger partial charge in [-0.1, -0.05) is 42.5 Å². The van der Waals surface area contributed by atoms with Gasteiger partial charge in [0.15, 0.2) is 6.61 Å². The first-order chi connectivity index (χ1) is 15.7. The van der Waals surface area contributed by atoms with E-state index in [1.54, 1.807) is 19.1 Å². The van der Waals surface area contributed by atoms with Crippen LogP contribution < -0.4 is 15.7 Å². The van der Waals surface area contributed by atoms with E-state index in [2.05, 4.69) is 5.32 Å². The minimum absolute atomic E-state index is 0.273. The van der Waals surface area contributed by atoms with Crippen molar-refractivity contribution >= 4 is 22.6 Å². The number of fused-ring (bicyclic) bond motifs is 1. The number of para-hydroxylation sites is 1. The maximum Gasteiger partial charge on any atom is 0.418 e. The molecular formula is C25H18F3NO4. The van der Waals surface area contributed by atoms with E-state index in [0.717, 1.165) is 11.6 Å². The third kappa shape index (κ3) is 4.74. The van der Waals surface area contributed by atoms with Crippen LogP contribution >= 0.6 is 0 Å². The summed E-state index contributed by atoms with van der Waals surface area (Å²) in [5.41, 5.74) is 0.489. The van der Waals surface area contributed by atoms with Gasteiger partial charge < -0.3 is 14.5 Å². The predicted molar refractivity (Wildman–Crippen MR) is 118 cm³/mol. The molecule has 33 heavy (non-hydrogen) atoms. The molecule has 0 radical (unpaired) electrons. The van der Waals surface area contributed by atoms with Crippen LogP contribution in [0.1, 0.15) is 11.1 Å². The third-order valence-electron chi connectivity index (χ3n) is 5.06. The molecule has 0 bridgehead atoms. The van der Waals surface area contributed by atoms with E-state index in [1.807, 2.05) is 30.3 Å². The molecule has 5 nitrogen and oxygen atoms in total. The number of hydrogen-bond donors (Lipinski definition) is 1. The van der Waals surface area contributed by atoms with Crippen LogP contribution in [-0.2, 0) is 11.0 Å². The smallest absolute Gasteiger partial charge is 0.418 e. The number of ether oxygens (including phenoxy) is 1. The molecule has 4 aromatic rings. The molecule has 0 atom stereocenters. The summed E-state index contributed by atoms with van der Waals surface area (Å²) in [7, 11) is 0. The lowest BCUT2D eigenvalue weighted by Gasteiger charge is -2.15. The Morgan fingerprint density at radius 1 is 1.00 bits per heavy atom. The number of halogens is 3. The monoisotopic (exact) mass is 453 g/mol. The zero-order chi connectivity index (χ0) is 23.6. The summed E-state index contributed by atoms with van der Waals surface area (Å²) in [5.74, 6) is -0.485. The summed E-state index contributed by atoms with van der Waals surface area (Å²) in [6, 6.07) is 18.8. The molecule has 1 heterocycles. The van der Waals surface area contributed by atoms with Crippen LogP contribution in [0.4, 0.5) is 18.9 Å². The molecule has 1 aromatic heterocycles. The van der Waals surface area contributed by atoms with Gasteiger partial charge in [-0.25, -0.2) is 4.79 Å². The summed E-state index contributed by atoms with van der Waals surface area (Å²) in [4.78, 5) is 24.4. The second-order valence-corrected chi connectivity index (χ2v) is 7.29. The fourth-order valence-electron chi connectivity index (χ4n) is 3.52. The quantitative estimate of drug-likeness (QED) is 0.388. The molecule has 0 aliphatic heterocycles. The second kappa shape index (κ2) is 8.82. The number of amides is 1. The molecule has 0 fully saturated rings. The average Bonchev–Trinajstić information content (AvgIpc) is 2.79. The van der Waals surface area contributed by atoms with Crippen LogP contribution in [0.2, 0.25) is 0 Å². The normalized spacial score (nSPS) is 11.4. The SMILES string of the molecule is Cc1c(OCC(=O)Nc2ccccc2C(F)(F)F)ccc2c(-c3ccccc3)cc(=O)oc12. The van der Waals surface area contributed by atoms with Crippen molar-refractivity contribution in [2.24, 2.45) is 0 Å². The molecule has 0 saturated carbocycles. The van der Waals surface area contributed by atoms with Gasteiger partial charge in [-0.15, -0.1) is 0 Å². The summed E-state index contributed by atoms with van der Waals surface area (Å²) >= 11 is 0. The van der Waals surface area contributed by atoms with E-state index >= 15 is 0 Å². The molecule has 168 valence electrons. The van der Waals surface area contributed by atoms with Crippen LogP contribution in [0.15, 0.2) is 82.0 Å². The Labute approximate surface area is 186 Å². The summed E-state index contributed by atoms with van der Waals surface area (Å²) in [6.07, 6.45) is -4.60. The minimum atomic E-state index is -4.60. The number of carbonyl (C=O) groups is 1. The van der Waals surface area contributed by atoms with E-state index in [-0.39, 0.29) is 11.4 Å². The van der Waals surface area contributed by atoms with Crippen molar-refractivity contribution in [1.82, 2.24) is 0 Å². The highest BCUT2D eigenvalue weighted by Crippen LogP contribution is 2.35. The standard InChI is InChI=1S/C25H18F3NO4/c1-15-21(32-14-22(30)29-20-10-6-5-9-19(20)25(26,27)28)12-11-17-18(13-23(31)33-24(15)17)16-7-3-2-4-8-16/h2-13H,14H2,1H3,(H,29,30). The molecule has 1 amide bonds. The molecule has 0 aliphatic rings. The number of anilines is 1. The molecule has 0 saturated heterocycles. The van der Waals surface area contributed by atoms with Gasteiger partial charge in [0.05, 0.1) is 11.3 Å². The van der Waals surface area contributed by atoms with Gasteiger partial charge in [0.2, 0.25) is 0 Å². The molecule has 0 spiro atoms. The zero-order valence-corrected chi connectivity index (χ0v) is 17.4. The van der Waals surface area contributed by atoms with Crippen LogP contribution in [0.3, 0.4) is 0 Å². The molecule has 0 unspecified atom stereocenters. The molecule has 3 aromatic carbocycles. The number of alkyl halides is 3. The van der Waals surface area contributed by atoms with Crippen LogP contribution in [0.5, 0.6) is 5.75 Å². The highest BCUT2D eigenvalue weighted by atomic mass is 19.4. The number of rotatable bonds is 5. The first kappa shape index (κ1) is 22.1. The van der Waals surface area contributed by atoms with Crippen molar-refractivity contribution in [1.29, 1.82) is 0 Å². The largest absolute Gasteiger partial charge is 0.483 e. The Kier molecular flexibility index (Phi) is 5.91. The van der Waals surface area contributed by atoms with Crippen molar-refractivity contribution in [2.75, 3.05) is 11.9 Å². The van der Waals surface area contributed by atoms with Gasteiger partial charge in [0, 0.05) is 17.0 Å². The maximum absolute atomic E-state index is 13.1. The van der Waals surface area contributed by atoms with Crippen LogP contribution in [0.25, 0.3) is 22.1 Å². The van der Waals surface area contributed by atoms with Crippen molar-refractivity contribution in [2.45, 2.75) is 13.1 Å². The topological polar surface area (TPSA) is 68.5 Å². The van der Waals surface area contributed by atoms with Gasteiger partial charge in [0.1, 0.15) is 11.3 Å². The van der Waals surface area contributed by atoms with Crippen LogP contribution in [-0.4, -0.2) is 12.5 Å². The summed E-state index contributed by atoms with van der Waals surface area (Å²) in [6.45, 7) is 1.15.